The molecule has 0 atom stereocenters. The summed E-state index contributed by atoms with van der Waals surface area (Å²) in [6, 6.07) is 0. The summed E-state index contributed by atoms with van der Waals surface area (Å²) in [4.78, 5) is 0. The summed E-state index contributed by atoms with van der Waals surface area (Å²) in [6.45, 7) is -9.30. The van der Waals surface area contributed by atoms with E-state index in [0.29, 0.717) is 0 Å². The summed E-state index contributed by atoms with van der Waals surface area (Å²) in [5.41, 5.74) is 0. The van der Waals surface area contributed by atoms with Crippen molar-refractivity contribution in [2.24, 2.45) is 0 Å². The minimum atomic E-state index is -7.83. The standard InChI is InChI=1S/C20H10F24O2/c21-9(22)13(29,30)17(37,38)19(41,42)15(33,34)11(25,26)7-45-5-3-1-2-4-6-46-8-12(27,28)16(35,36)20(43,44)18(39,40)14(31,32)10(23)24/h9-10H,5-8H2. The summed E-state index contributed by atoms with van der Waals surface area (Å²) in [6.07, 6.45) is -11.5. The van der Waals surface area contributed by atoms with Gasteiger partial charge in [0.05, 0.1) is 0 Å². The van der Waals surface area contributed by atoms with E-state index in [4.69, 9.17) is 0 Å². The van der Waals surface area contributed by atoms with Gasteiger partial charge >= 0.3 is 72.1 Å². The summed E-state index contributed by atoms with van der Waals surface area (Å²) >= 11 is 0. The SMILES string of the molecule is FC(F)C(F)(F)C(F)(F)C(F)(F)C(F)(F)C(F)(F)COCC#CC#CCOCC(F)(F)C(F)(F)C(F)(F)C(F)(F)C(F)(F)C(F)F. The molecule has 0 saturated carbocycles. The van der Waals surface area contributed by atoms with E-state index in [1.54, 1.807) is 0 Å². The molecule has 0 heterocycles. The average Bonchev–Trinajstić information content (AvgIpc) is 2.88. The molecule has 0 fully saturated rings. The molecule has 0 aliphatic carbocycles. The van der Waals surface area contributed by atoms with Crippen molar-refractivity contribution in [3.8, 4) is 23.7 Å². The molecular weight excluding hydrogens is 728 g/mol. The maximum atomic E-state index is 13.5. The first-order chi connectivity index (χ1) is 20.1. The molecule has 46 heavy (non-hydrogen) atoms. The van der Waals surface area contributed by atoms with Crippen molar-refractivity contribution in [1.29, 1.82) is 0 Å². The quantitative estimate of drug-likeness (QED) is 0.0912. The first kappa shape index (κ1) is 43.4. The molecule has 0 saturated heterocycles. The average molecular weight is 738 g/mol. The van der Waals surface area contributed by atoms with Crippen molar-refractivity contribution in [2.45, 2.75) is 72.1 Å². The van der Waals surface area contributed by atoms with Crippen LogP contribution in [0, 0.1) is 23.7 Å². The molecule has 0 N–H and O–H groups in total. The van der Waals surface area contributed by atoms with Crippen molar-refractivity contribution in [2.75, 3.05) is 26.4 Å². The molecular formula is C20H10F24O2. The lowest BCUT2D eigenvalue weighted by Gasteiger charge is -2.38. The fourth-order valence-electron chi connectivity index (χ4n) is 2.35. The van der Waals surface area contributed by atoms with E-state index in [0.717, 1.165) is 0 Å². The van der Waals surface area contributed by atoms with Crippen molar-refractivity contribution in [1.82, 2.24) is 0 Å². The molecule has 2 nitrogen and oxygen atoms in total. The van der Waals surface area contributed by atoms with Crippen molar-refractivity contribution in [3.63, 3.8) is 0 Å². The highest BCUT2D eigenvalue weighted by atomic mass is 19.4. The highest BCUT2D eigenvalue weighted by Crippen LogP contribution is 2.59. The van der Waals surface area contributed by atoms with Crippen LogP contribution < -0.4 is 0 Å². The van der Waals surface area contributed by atoms with Crippen LogP contribution in [0.15, 0.2) is 0 Å². The van der Waals surface area contributed by atoms with Crippen LogP contribution >= 0.6 is 0 Å². The Hall–Kier alpha value is -2.64. The molecule has 0 rings (SSSR count). The number of alkyl halides is 24. The highest BCUT2D eigenvalue weighted by molar-refractivity contribution is 5.26. The Morgan fingerprint density at radius 1 is 0.370 bits per heavy atom. The van der Waals surface area contributed by atoms with Gasteiger partial charge in [-0.15, -0.1) is 0 Å². The predicted octanol–water partition coefficient (Wildman–Crippen LogP) is 7.91. The Bertz CT molecular complexity index is 1060. The van der Waals surface area contributed by atoms with Crippen LogP contribution in [0.4, 0.5) is 105 Å². The van der Waals surface area contributed by atoms with E-state index in [1.807, 2.05) is 0 Å². The maximum absolute atomic E-state index is 13.5. The third-order valence-corrected chi connectivity index (χ3v) is 5.04. The molecule has 0 aromatic heterocycles. The molecule has 0 spiro atoms. The van der Waals surface area contributed by atoms with E-state index in [9.17, 15) is 105 Å². The van der Waals surface area contributed by atoms with Crippen LogP contribution in [0.2, 0.25) is 0 Å². The zero-order valence-electron chi connectivity index (χ0n) is 20.9. The van der Waals surface area contributed by atoms with Gasteiger partial charge in [0, 0.05) is 0 Å². The summed E-state index contributed by atoms with van der Waals surface area (Å²) in [5.74, 6) is -68.1. The van der Waals surface area contributed by atoms with Crippen LogP contribution in [0.25, 0.3) is 0 Å². The zero-order chi connectivity index (χ0) is 37.2. The van der Waals surface area contributed by atoms with Gasteiger partial charge in [-0.1, -0.05) is 11.8 Å². The van der Waals surface area contributed by atoms with E-state index < -0.39 is 98.5 Å². The molecule has 0 bridgehead atoms. The topological polar surface area (TPSA) is 18.5 Å². The maximum Gasteiger partial charge on any atom is 0.384 e. The van der Waals surface area contributed by atoms with Crippen LogP contribution in [-0.4, -0.2) is 98.5 Å². The Morgan fingerprint density at radius 3 is 0.826 bits per heavy atom. The summed E-state index contributed by atoms with van der Waals surface area (Å²) in [5, 5.41) is 0. The lowest BCUT2D eigenvalue weighted by Crippen LogP contribution is -2.69. The Morgan fingerprint density at radius 2 is 0.609 bits per heavy atom. The first-order valence-electron chi connectivity index (χ1n) is 10.5. The van der Waals surface area contributed by atoms with E-state index >= 15 is 0 Å². The molecule has 0 aromatic carbocycles. The molecule has 0 amide bonds. The first-order valence-corrected chi connectivity index (χ1v) is 10.5. The number of halogens is 24. The molecule has 0 aliphatic rings. The third-order valence-electron chi connectivity index (χ3n) is 5.04. The summed E-state index contributed by atoms with van der Waals surface area (Å²) in [7, 11) is 0. The molecule has 270 valence electrons. The molecule has 0 aliphatic heterocycles. The minimum Gasteiger partial charge on any atom is -0.362 e. The van der Waals surface area contributed by atoms with E-state index in [2.05, 4.69) is 9.47 Å². The number of rotatable bonds is 16. The van der Waals surface area contributed by atoms with Crippen LogP contribution in [-0.2, 0) is 9.47 Å². The number of hydrogen-bond acceptors (Lipinski definition) is 2. The van der Waals surface area contributed by atoms with E-state index in [1.165, 1.54) is 23.7 Å². The fourth-order valence-corrected chi connectivity index (χ4v) is 2.35. The van der Waals surface area contributed by atoms with Gasteiger partial charge in [-0.05, 0) is 11.8 Å². The molecule has 0 aromatic rings. The fraction of sp³-hybridized carbons (Fsp3) is 0.800. The lowest BCUT2D eigenvalue weighted by molar-refractivity contribution is -0.415. The Balaban J connectivity index is 5.34. The second-order valence-electron chi connectivity index (χ2n) is 8.29. The van der Waals surface area contributed by atoms with Gasteiger partial charge in [0.2, 0.25) is 0 Å². The molecule has 0 radical (unpaired) electrons. The minimum absolute atomic E-state index is 1.39. The van der Waals surface area contributed by atoms with Gasteiger partial charge in [-0.3, -0.25) is 0 Å². The Kier molecular flexibility index (Phi) is 12.7. The highest BCUT2D eigenvalue weighted by Gasteiger charge is 2.89. The lowest BCUT2D eigenvalue weighted by atomic mass is 9.94. The van der Waals surface area contributed by atoms with Crippen LogP contribution in [0.3, 0.4) is 0 Å². The smallest absolute Gasteiger partial charge is 0.362 e. The number of hydrogen-bond donors (Lipinski definition) is 0. The summed E-state index contributed by atoms with van der Waals surface area (Å²) < 4.78 is 319. The van der Waals surface area contributed by atoms with E-state index in [-0.39, 0.29) is 0 Å². The van der Waals surface area contributed by atoms with Crippen LogP contribution in [0.1, 0.15) is 0 Å². The molecule has 26 heteroatoms. The zero-order valence-corrected chi connectivity index (χ0v) is 20.9. The normalized spacial score (nSPS) is 15.1. The van der Waals surface area contributed by atoms with Crippen molar-refractivity contribution >= 4 is 0 Å². The second kappa shape index (κ2) is 13.5. The Labute approximate surface area is 238 Å². The van der Waals surface area contributed by atoms with Gasteiger partial charge in [-0.25, -0.2) is 17.6 Å². The van der Waals surface area contributed by atoms with Gasteiger partial charge < -0.3 is 9.47 Å². The second-order valence-corrected chi connectivity index (χ2v) is 8.29. The molecule has 0 unspecified atom stereocenters. The van der Waals surface area contributed by atoms with Crippen molar-refractivity contribution in [3.05, 3.63) is 0 Å². The predicted molar refractivity (Wildman–Crippen MR) is 98.7 cm³/mol. The van der Waals surface area contributed by atoms with Crippen molar-refractivity contribution < 1.29 is 115 Å². The van der Waals surface area contributed by atoms with Gasteiger partial charge in [0.25, 0.3) is 0 Å². The number of ether oxygens (including phenoxy) is 2. The van der Waals surface area contributed by atoms with Gasteiger partial charge in [0.1, 0.15) is 26.4 Å². The van der Waals surface area contributed by atoms with Gasteiger partial charge in [-0.2, -0.15) is 87.8 Å². The van der Waals surface area contributed by atoms with Gasteiger partial charge in [0.15, 0.2) is 0 Å². The largest absolute Gasteiger partial charge is 0.384 e. The third kappa shape index (κ3) is 7.26. The monoisotopic (exact) mass is 738 g/mol. The van der Waals surface area contributed by atoms with Crippen LogP contribution in [0.5, 0.6) is 0 Å².